The van der Waals surface area contributed by atoms with Crippen LogP contribution in [0.5, 0.6) is 5.75 Å². The van der Waals surface area contributed by atoms with Crippen LogP contribution in [0.4, 0.5) is 13.2 Å². The van der Waals surface area contributed by atoms with Gasteiger partial charge in [-0.1, -0.05) is 13.3 Å². The van der Waals surface area contributed by atoms with Crippen molar-refractivity contribution >= 4 is 22.7 Å². The minimum absolute atomic E-state index is 0.585. The van der Waals surface area contributed by atoms with Crippen LogP contribution in [0.2, 0.25) is 0 Å². The van der Waals surface area contributed by atoms with E-state index >= 15 is 0 Å². The molecular formula is C30H37F3N2OS. The lowest BCUT2D eigenvalue weighted by molar-refractivity contribution is -0.137. The van der Waals surface area contributed by atoms with Gasteiger partial charge in [-0.3, -0.25) is 4.98 Å². The highest BCUT2D eigenvalue weighted by Crippen LogP contribution is 2.33. The lowest BCUT2D eigenvalue weighted by Gasteiger charge is -2.39. The molecule has 0 amide bonds. The van der Waals surface area contributed by atoms with E-state index in [-0.39, 0.29) is 0 Å². The van der Waals surface area contributed by atoms with E-state index in [2.05, 4.69) is 28.9 Å². The van der Waals surface area contributed by atoms with Crippen molar-refractivity contribution < 1.29 is 17.9 Å². The number of nitrogens with zero attached hydrogens (tertiary/aromatic N) is 2. The Kier molecular flexibility index (Phi) is 9.77. The minimum atomic E-state index is -4.28. The Labute approximate surface area is 222 Å². The van der Waals surface area contributed by atoms with Gasteiger partial charge in [-0.2, -0.15) is 13.2 Å². The number of thioether (sulfide) groups is 1. The molecule has 1 aromatic heterocycles. The molecule has 2 heterocycles. The molecule has 1 aliphatic rings. The van der Waals surface area contributed by atoms with Crippen LogP contribution in [0.25, 0.3) is 10.9 Å². The molecule has 1 fully saturated rings. The van der Waals surface area contributed by atoms with Crippen molar-refractivity contribution in [1.29, 1.82) is 0 Å². The SMILES string of the molecule is CCC[C@H]1CN(CCSc2ccc(C(F)(F)F)cc2)CC[C@H]1CCCc1ccnc2ccc(OC)cc12. The summed E-state index contributed by atoms with van der Waals surface area (Å²) in [6.07, 6.45) is 4.77. The molecule has 2 atom stereocenters. The summed E-state index contributed by atoms with van der Waals surface area (Å²) >= 11 is 1.64. The number of aromatic nitrogens is 1. The molecule has 4 rings (SSSR count). The lowest BCUT2D eigenvalue weighted by atomic mass is 9.79. The van der Waals surface area contributed by atoms with E-state index in [4.69, 9.17) is 4.74 Å². The number of halogens is 3. The van der Waals surface area contributed by atoms with Gasteiger partial charge in [0, 0.05) is 35.3 Å². The molecule has 7 heteroatoms. The number of likely N-dealkylation sites (tertiary alicyclic amines) is 1. The fourth-order valence-corrected chi connectivity index (χ4v) is 6.47. The molecular weight excluding hydrogens is 493 g/mol. The largest absolute Gasteiger partial charge is 0.497 e. The molecule has 0 unspecified atom stereocenters. The second kappa shape index (κ2) is 13.0. The molecule has 37 heavy (non-hydrogen) atoms. The third kappa shape index (κ3) is 7.64. The predicted molar refractivity (Wildman–Crippen MR) is 146 cm³/mol. The number of fused-ring (bicyclic) bond motifs is 1. The van der Waals surface area contributed by atoms with Crippen LogP contribution in [0.1, 0.15) is 50.2 Å². The van der Waals surface area contributed by atoms with Gasteiger partial charge in [0.05, 0.1) is 18.2 Å². The van der Waals surface area contributed by atoms with Gasteiger partial charge in [-0.15, -0.1) is 11.8 Å². The van der Waals surface area contributed by atoms with E-state index in [1.165, 1.54) is 55.2 Å². The summed E-state index contributed by atoms with van der Waals surface area (Å²) in [7, 11) is 1.70. The van der Waals surface area contributed by atoms with Crippen LogP contribution in [-0.2, 0) is 12.6 Å². The fourth-order valence-electron chi connectivity index (χ4n) is 5.55. The van der Waals surface area contributed by atoms with Crippen LogP contribution in [0.15, 0.2) is 59.6 Å². The smallest absolute Gasteiger partial charge is 0.416 e. The molecule has 3 aromatic rings. The van der Waals surface area contributed by atoms with Crippen molar-refractivity contribution in [3.05, 3.63) is 65.9 Å². The Morgan fingerprint density at radius 1 is 1.05 bits per heavy atom. The van der Waals surface area contributed by atoms with Crippen molar-refractivity contribution in [2.24, 2.45) is 11.8 Å². The highest BCUT2D eigenvalue weighted by molar-refractivity contribution is 7.99. The molecule has 0 saturated carbocycles. The summed E-state index contributed by atoms with van der Waals surface area (Å²) in [6, 6.07) is 13.8. The number of ether oxygens (including phenoxy) is 1. The molecule has 0 spiro atoms. The summed E-state index contributed by atoms with van der Waals surface area (Å²) in [5, 5.41) is 1.19. The highest BCUT2D eigenvalue weighted by Gasteiger charge is 2.30. The zero-order valence-electron chi connectivity index (χ0n) is 21.8. The number of pyridine rings is 1. The third-order valence-electron chi connectivity index (χ3n) is 7.55. The summed E-state index contributed by atoms with van der Waals surface area (Å²) < 4.78 is 43.8. The quantitative estimate of drug-likeness (QED) is 0.234. The first-order valence-corrected chi connectivity index (χ1v) is 14.3. The lowest BCUT2D eigenvalue weighted by Crippen LogP contribution is -2.41. The number of hydrogen-bond donors (Lipinski definition) is 0. The van der Waals surface area contributed by atoms with Gasteiger partial charge in [0.15, 0.2) is 0 Å². The van der Waals surface area contributed by atoms with Crippen LogP contribution >= 0.6 is 11.8 Å². The van der Waals surface area contributed by atoms with Crippen LogP contribution in [0.3, 0.4) is 0 Å². The summed E-state index contributed by atoms with van der Waals surface area (Å²) in [6.45, 7) is 5.48. The molecule has 200 valence electrons. The first kappa shape index (κ1) is 27.8. The molecule has 0 N–H and O–H groups in total. The zero-order valence-corrected chi connectivity index (χ0v) is 22.6. The van der Waals surface area contributed by atoms with E-state index in [1.54, 1.807) is 31.0 Å². The second-order valence-corrected chi connectivity index (χ2v) is 11.2. The van der Waals surface area contributed by atoms with Crippen LogP contribution < -0.4 is 4.74 Å². The van der Waals surface area contributed by atoms with Crippen molar-refractivity contribution in [1.82, 2.24) is 9.88 Å². The van der Waals surface area contributed by atoms with Crippen LogP contribution in [0, 0.1) is 11.8 Å². The number of piperidine rings is 1. The standard InChI is InChI=1S/C30H37F3N2OS/c1-3-5-24-21-35(18-19-37-27-11-8-25(9-12-27)30(31,32)33)17-15-22(24)6-4-7-23-14-16-34-29-13-10-26(36-2)20-28(23)29/h8-14,16,20,22,24H,3-7,15,17-19,21H2,1-2H3/t22-,24+/m1/s1. The van der Waals surface area contributed by atoms with Gasteiger partial charge in [0.25, 0.3) is 0 Å². The predicted octanol–water partition coefficient (Wildman–Crippen LogP) is 8.12. The second-order valence-electron chi connectivity index (χ2n) is 10.0. The summed E-state index contributed by atoms with van der Waals surface area (Å²) in [5.41, 5.74) is 1.77. The monoisotopic (exact) mass is 530 g/mol. The average molecular weight is 531 g/mol. The van der Waals surface area contributed by atoms with Gasteiger partial charge < -0.3 is 9.64 Å². The molecule has 3 nitrogen and oxygen atoms in total. The van der Waals surface area contributed by atoms with E-state index in [9.17, 15) is 13.2 Å². The van der Waals surface area contributed by atoms with Crippen molar-refractivity contribution in [2.45, 2.75) is 56.5 Å². The normalized spacial score (nSPS) is 18.8. The summed E-state index contributed by atoms with van der Waals surface area (Å²) in [5.74, 6) is 3.23. The minimum Gasteiger partial charge on any atom is -0.497 e. The average Bonchev–Trinajstić information content (AvgIpc) is 2.89. The van der Waals surface area contributed by atoms with Crippen LogP contribution in [-0.4, -0.2) is 42.4 Å². The zero-order chi connectivity index (χ0) is 26.3. The van der Waals surface area contributed by atoms with E-state index in [0.717, 1.165) is 53.9 Å². The number of rotatable bonds is 11. The van der Waals surface area contributed by atoms with Gasteiger partial charge in [0.2, 0.25) is 0 Å². The molecule has 1 saturated heterocycles. The first-order chi connectivity index (χ1) is 17.9. The Bertz CT molecular complexity index is 1140. The van der Waals surface area contributed by atoms with Gasteiger partial charge in [-0.05, 0) is 105 Å². The Balaban J connectivity index is 1.25. The molecule has 2 aromatic carbocycles. The number of methoxy groups -OCH3 is 1. The third-order valence-corrected chi connectivity index (χ3v) is 8.55. The molecule has 0 aliphatic carbocycles. The molecule has 1 aliphatic heterocycles. The number of hydrogen-bond acceptors (Lipinski definition) is 4. The van der Waals surface area contributed by atoms with Crippen molar-refractivity contribution in [2.75, 3.05) is 32.5 Å². The van der Waals surface area contributed by atoms with Gasteiger partial charge in [0.1, 0.15) is 5.75 Å². The topological polar surface area (TPSA) is 25.4 Å². The van der Waals surface area contributed by atoms with E-state index < -0.39 is 11.7 Å². The fraction of sp³-hybridized carbons (Fsp3) is 0.500. The molecule has 0 radical (unpaired) electrons. The summed E-state index contributed by atoms with van der Waals surface area (Å²) in [4.78, 5) is 7.96. The van der Waals surface area contributed by atoms with Crippen molar-refractivity contribution in [3.8, 4) is 5.75 Å². The van der Waals surface area contributed by atoms with E-state index in [0.29, 0.717) is 5.92 Å². The number of benzene rings is 2. The first-order valence-electron chi connectivity index (χ1n) is 13.3. The van der Waals surface area contributed by atoms with Gasteiger partial charge >= 0.3 is 6.18 Å². The maximum Gasteiger partial charge on any atom is 0.416 e. The van der Waals surface area contributed by atoms with Crippen molar-refractivity contribution in [3.63, 3.8) is 0 Å². The Morgan fingerprint density at radius 2 is 1.86 bits per heavy atom. The highest BCUT2D eigenvalue weighted by atomic mass is 32.2. The van der Waals surface area contributed by atoms with E-state index in [1.807, 2.05) is 18.3 Å². The Hall–Kier alpha value is -2.25. The maximum atomic E-state index is 12.8. The number of alkyl halides is 3. The Morgan fingerprint density at radius 3 is 2.59 bits per heavy atom. The molecule has 0 bridgehead atoms. The number of aryl methyl sites for hydroxylation is 1. The van der Waals surface area contributed by atoms with Gasteiger partial charge in [-0.25, -0.2) is 0 Å². The maximum absolute atomic E-state index is 12.8.